The first kappa shape index (κ1) is 28.1. The lowest BCUT2D eigenvalue weighted by Gasteiger charge is -2.27. The van der Waals surface area contributed by atoms with Gasteiger partial charge in [-0.3, -0.25) is 10.1 Å². The molecule has 1 aromatic heterocycles. The number of halogens is 1. The van der Waals surface area contributed by atoms with Crippen molar-refractivity contribution in [3.05, 3.63) is 27.9 Å². The standard InChI is InChI=1S/C23H30BrN3O8S/c1-22(2,3)16-13(24)7-8-14-15(16)18(36(32,33)26-9-11-34-12-10-26)17(27(14)21(30)31)19(28)25-20(29)35-23(4,5)6/h7-8H,9-12H2,1-6H3,(H,30,31)(H,25,28,29). The van der Waals surface area contributed by atoms with E-state index in [1.54, 1.807) is 26.8 Å². The van der Waals surface area contributed by atoms with Crippen molar-refractivity contribution in [2.24, 2.45) is 0 Å². The van der Waals surface area contributed by atoms with Crippen molar-refractivity contribution in [1.82, 2.24) is 14.2 Å². The highest BCUT2D eigenvalue weighted by Crippen LogP contribution is 2.42. The van der Waals surface area contributed by atoms with Gasteiger partial charge in [0.15, 0.2) is 0 Å². The number of sulfonamides is 1. The number of ether oxygens (including phenoxy) is 2. The van der Waals surface area contributed by atoms with E-state index in [-0.39, 0.29) is 37.2 Å². The predicted molar refractivity (Wildman–Crippen MR) is 135 cm³/mol. The number of imide groups is 1. The van der Waals surface area contributed by atoms with Crippen LogP contribution in [0.4, 0.5) is 9.59 Å². The van der Waals surface area contributed by atoms with Crippen molar-refractivity contribution in [3.8, 4) is 0 Å². The first-order valence-electron chi connectivity index (χ1n) is 11.2. The van der Waals surface area contributed by atoms with Crippen molar-refractivity contribution in [3.63, 3.8) is 0 Å². The van der Waals surface area contributed by atoms with Crippen LogP contribution in [0.2, 0.25) is 0 Å². The Morgan fingerprint density at radius 3 is 2.17 bits per heavy atom. The number of aromatic nitrogens is 1. The number of carbonyl (C=O) groups is 3. The Morgan fingerprint density at radius 2 is 1.67 bits per heavy atom. The summed E-state index contributed by atoms with van der Waals surface area (Å²) in [7, 11) is -4.41. The molecule has 2 N–H and O–H groups in total. The molecule has 0 saturated carbocycles. The Balaban J connectivity index is 2.43. The molecule has 0 unspecified atom stereocenters. The molecule has 0 bridgehead atoms. The van der Waals surface area contributed by atoms with Crippen molar-refractivity contribution in [1.29, 1.82) is 0 Å². The maximum Gasteiger partial charge on any atom is 0.416 e. The van der Waals surface area contributed by atoms with Crippen molar-refractivity contribution in [2.75, 3.05) is 26.3 Å². The van der Waals surface area contributed by atoms with Gasteiger partial charge in [0.1, 0.15) is 16.2 Å². The number of carbonyl (C=O) groups excluding carboxylic acids is 2. The fourth-order valence-electron chi connectivity index (χ4n) is 4.08. The average Bonchev–Trinajstić information content (AvgIpc) is 3.07. The van der Waals surface area contributed by atoms with Crippen LogP contribution in [0.3, 0.4) is 0 Å². The van der Waals surface area contributed by atoms with Crippen LogP contribution in [0.25, 0.3) is 10.9 Å². The van der Waals surface area contributed by atoms with Crippen LogP contribution in [0.15, 0.2) is 21.5 Å². The van der Waals surface area contributed by atoms with E-state index in [4.69, 9.17) is 9.47 Å². The number of fused-ring (bicyclic) bond motifs is 1. The monoisotopic (exact) mass is 587 g/mol. The molecule has 13 heteroatoms. The molecule has 0 aliphatic carbocycles. The highest BCUT2D eigenvalue weighted by atomic mass is 79.9. The first-order valence-corrected chi connectivity index (χ1v) is 13.4. The zero-order chi connectivity index (χ0) is 27.2. The Bertz CT molecular complexity index is 1330. The lowest BCUT2D eigenvalue weighted by Crippen LogP contribution is -2.42. The molecule has 1 fully saturated rings. The number of nitrogens with zero attached hydrogens (tertiary/aromatic N) is 2. The van der Waals surface area contributed by atoms with Gasteiger partial charge in [-0.25, -0.2) is 22.6 Å². The maximum absolute atomic E-state index is 14.0. The minimum atomic E-state index is -4.41. The summed E-state index contributed by atoms with van der Waals surface area (Å²) in [5.41, 5.74) is -1.80. The third-order valence-electron chi connectivity index (χ3n) is 5.38. The fourth-order valence-corrected chi connectivity index (χ4v) is 6.79. The summed E-state index contributed by atoms with van der Waals surface area (Å²) < 4.78 is 40.7. The Labute approximate surface area is 217 Å². The number of morpholine rings is 1. The summed E-state index contributed by atoms with van der Waals surface area (Å²) in [5.74, 6) is -1.22. The van der Waals surface area contributed by atoms with E-state index < -0.39 is 49.7 Å². The van der Waals surface area contributed by atoms with Crippen molar-refractivity contribution in [2.45, 2.75) is 57.5 Å². The lowest BCUT2D eigenvalue weighted by atomic mass is 9.85. The van der Waals surface area contributed by atoms with E-state index in [2.05, 4.69) is 15.9 Å². The van der Waals surface area contributed by atoms with Gasteiger partial charge < -0.3 is 14.6 Å². The number of nitrogens with one attached hydrogen (secondary N) is 1. The molecule has 2 heterocycles. The molecule has 1 aromatic carbocycles. The molecule has 36 heavy (non-hydrogen) atoms. The second-order valence-corrected chi connectivity index (χ2v) is 13.1. The maximum atomic E-state index is 14.0. The van der Waals surface area contributed by atoms with E-state index in [1.807, 2.05) is 26.1 Å². The van der Waals surface area contributed by atoms with E-state index in [0.29, 0.717) is 14.6 Å². The number of hydrogen-bond donors (Lipinski definition) is 2. The van der Waals surface area contributed by atoms with E-state index in [0.717, 1.165) is 4.31 Å². The predicted octanol–water partition coefficient (Wildman–Crippen LogP) is 3.91. The summed E-state index contributed by atoms with van der Waals surface area (Å²) in [5, 5.41) is 12.2. The topological polar surface area (TPSA) is 144 Å². The number of rotatable bonds is 3. The highest BCUT2D eigenvalue weighted by molar-refractivity contribution is 9.10. The Hall–Kier alpha value is -2.48. The van der Waals surface area contributed by atoms with Crippen LogP contribution in [0.5, 0.6) is 0 Å². The Kier molecular flexibility index (Phi) is 7.62. The summed E-state index contributed by atoms with van der Waals surface area (Å²) in [6, 6.07) is 3.02. The number of amides is 2. The van der Waals surface area contributed by atoms with Crippen LogP contribution in [-0.4, -0.2) is 72.4 Å². The zero-order valence-corrected chi connectivity index (χ0v) is 23.4. The summed E-state index contributed by atoms with van der Waals surface area (Å²) in [6.07, 6.45) is -2.72. The number of carboxylic acid groups (broad SMARTS) is 1. The van der Waals surface area contributed by atoms with Gasteiger partial charge in [-0.1, -0.05) is 36.7 Å². The average molecular weight is 588 g/mol. The van der Waals surface area contributed by atoms with Crippen molar-refractivity contribution < 1.29 is 37.4 Å². The second-order valence-electron chi connectivity index (χ2n) is 10.3. The van der Waals surface area contributed by atoms with E-state index in [1.165, 1.54) is 6.07 Å². The SMILES string of the molecule is CC(C)(C)OC(=O)NC(=O)c1c(S(=O)(=O)N2CCOCC2)c2c(C(C)(C)C)c(Br)ccc2n1C(=O)O. The van der Waals surface area contributed by atoms with Crippen LogP contribution >= 0.6 is 15.9 Å². The highest BCUT2D eigenvalue weighted by Gasteiger charge is 2.40. The molecule has 198 valence electrons. The van der Waals surface area contributed by atoms with Gasteiger partial charge in [0, 0.05) is 22.9 Å². The minimum absolute atomic E-state index is 0.00296. The first-order chi connectivity index (χ1) is 16.5. The van der Waals surface area contributed by atoms with Crippen LogP contribution < -0.4 is 5.32 Å². The quantitative estimate of drug-likeness (QED) is 0.549. The lowest BCUT2D eigenvalue weighted by molar-refractivity contribution is 0.0505. The molecule has 3 rings (SSSR count). The number of hydrogen-bond acceptors (Lipinski definition) is 7. The van der Waals surface area contributed by atoms with Gasteiger partial charge in [-0.2, -0.15) is 4.31 Å². The van der Waals surface area contributed by atoms with Gasteiger partial charge in [0.05, 0.1) is 18.7 Å². The molecule has 1 aliphatic heterocycles. The van der Waals surface area contributed by atoms with Crippen LogP contribution in [0, 0.1) is 0 Å². The summed E-state index contributed by atoms with van der Waals surface area (Å²) in [4.78, 5) is 37.8. The molecule has 1 saturated heterocycles. The molecule has 0 radical (unpaired) electrons. The minimum Gasteiger partial charge on any atom is -0.464 e. The normalized spacial score (nSPS) is 15.6. The number of alkyl carbamates (subject to hydrolysis) is 1. The third-order valence-corrected chi connectivity index (χ3v) is 8.00. The summed E-state index contributed by atoms with van der Waals surface area (Å²) in [6.45, 7) is 10.6. The zero-order valence-electron chi connectivity index (χ0n) is 21.0. The molecule has 2 aromatic rings. The summed E-state index contributed by atoms with van der Waals surface area (Å²) >= 11 is 3.47. The smallest absolute Gasteiger partial charge is 0.416 e. The third kappa shape index (κ3) is 5.43. The second kappa shape index (κ2) is 9.77. The largest absolute Gasteiger partial charge is 0.464 e. The molecule has 11 nitrogen and oxygen atoms in total. The van der Waals surface area contributed by atoms with Gasteiger partial charge in [0.25, 0.3) is 5.91 Å². The van der Waals surface area contributed by atoms with Gasteiger partial charge in [0.2, 0.25) is 10.0 Å². The molecule has 2 amide bonds. The van der Waals surface area contributed by atoms with Gasteiger partial charge in [-0.05, 0) is 43.9 Å². The molecule has 1 aliphatic rings. The molecule has 0 spiro atoms. The molecule has 0 atom stereocenters. The number of benzene rings is 1. The van der Waals surface area contributed by atoms with Gasteiger partial charge >= 0.3 is 12.2 Å². The van der Waals surface area contributed by atoms with Crippen LogP contribution in [0.1, 0.15) is 57.6 Å². The molecular weight excluding hydrogens is 558 g/mol. The van der Waals surface area contributed by atoms with E-state index >= 15 is 0 Å². The fraction of sp³-hybridized carbons (Fsp3) is 0.522. The van der Waals surface area contributed by atoms with E-state index in [9.17, 15) is 27.9 Å². The Morgan fingerprint density at radius 1 is 1.08 bits per heavy atom. The molecular formula is C23H30BrN3O8S. The van der Waals surface area contributed by atoms with Gasteiger partial charge in [-0.15, -0.1) is 0 Å². The van der Waals surface area contributed by atoms with Crippen LogP contribution in [-0.2, 0) is 24.9 Å². The van der Waals surface area contributed by atoms with Crippen molar-refractivity contribution >= 4 is 54.9 Å².